The van der Waals surface area contributed by atoms with Crippen molar-refractivity contribution < 1.29 is 37.8 Å². The Balaban J connectivity index is 1.78. The number of aliphatic hydroxyl groups is 1. The molecule has 1 aliphatic rings. The number of halogens is 3. The van der Waals surface area contributed by atoms with Crippen LogP contribution in [0.1, 0.15) is 43.9 Å². The molecule has 10 nitrogen and oxygen atoms in total. The number of benzene rings is 2. The van der Waals surface area contributed by atoms with Gasteiger partial charge in [0.2, 0.25) is 17.7 Å². The Morgan fingerprint density at radius 2 is 1.88 bits per heavy atom. The number of alkyl halides is 2. The van der Waals surface area contributed by atoms with Crippen LogP contribution >= 0.6 is 11.6 Å². The SMILES string of the molecule is CC(C)N(C(=O)CNC(=O)OC(c1ccccc1)C(F)(F)c1cccc(Cl)c1)C(CC1CCNC1=O)C(O)C(N)=O. The zero-order chi connectivity index (χ0) is 30.3. The fraction of sp³-hybridized carbons (Fsp3) is 0.429. The highest BCUT2D eigenvalue weighted by Gasteiger charge is 2.46. The van der Waals surface area contributed by atoms with Gasteiger partial charge in [0.25, 0.3) is 0 Å². The number of nitrogens with two attached hydrogens (primary N) is 1. The lowest BCUT2D eigenvalue weighted by Crippen LogP contribution is -2.57. The molecule has 4 atom stereocenters. The topological polar surface area (TPSA) is 151 Å². The molecule has 1 saturated heterocycles. The normalized spacial score (nSPS) is 17.3. The number of rotatable bonds is 12. The third-order valence-corrected chi connectivity index (χ3v) is 7.03. The summed E-state index contributed by atoms with van der Waals surface area (Å²) in [6.45, 7) is 2.93. The highest BCUT2D eigenvalue weighted by atomic mass is 35.5. The van der Waals surface area contributed by atoms with Crippen LogP contribution in [0.25, 0.3) is 0 Å². The molecule has 2 aromatic rings. The summed E-state index contributed by atoms with van der Waals surface area (Å²) < 4.78 is 36.4. The summed E-state index contributed by atoms with van der Waals surface area (Å²) in [5.41, 5.74) is 4.84. The van der Waals surface area contributed by atoms with Gasteiger partial charge in [0.15, 0.2) is 12.2 Å². The van der Waals surface area contributed by atoms with E-state index in [0.717, 1.165) is 17.0 Å². The lowest BCUT2D eigenvalue weighted by Gasteiger charge is -2.38. The average Bonchev–Trinajstić information content (AvgIpc) is 3.33. The molecule has 0 radical (unpaired) electrons. The number of carbonyl (C=O) groups excluding carboxylic acids is 4. The van der Waals surface area contributed by atoms with Crippen LogP contribution in [0, 0.1) is 5.92 Å². The number of aliphatic hydroxyl groups excluding tert-OH is 1. The van der Waals surface area contributed by atoms with Gasteiger partial charge in [0.05, 0.1) is 6.04 Å². The Morgan fingerprint density at radius 1 is 1.20 bits per heavy atom. The second kappa shape index (κ2) is 13.7. The molecule has 0 saturated carbocycles. The fourth-order valence-electron chi connectivity index (χ4n) is 4.82. The average molecular weight is 595 g/mol. The monoisotopic (exact) mass is 594 g/mol. The molecular formula is C28H33ClF2N4O6. The van der Waals surface area contributed by atoms with E-state index in [4.69, 9.17) is 22.1 Å². The zero-order valence-electron chi connectivity index (χ0n) is 22.6. The molecule has 4 unspecified atom stereocenters. The van der Waals surface area contributed by atoms with Crippen molar-refractivity contribution in [1.82, 2.24) is 15.5 Å². The minimum atomic E-state index is -3.70. The van der Waals surface area contributed by atoms with E-state index in [2.05, 4.69) is 10.6 Å². The van der Waals surface area contributed by atoms with E-state index < -0.39 is 66.1 Å². The van der Waals surface area contributed by atoms with Gasteiger partial charge < -0.3 is 31.1 Å². The van der Waals surface area contributed by atoms with Crippen molar-refractivity contribution in [3.8, 4) is 0 Å². The molecule has 4 amide bonds. The number of alkyl carbamates (subject to hydrolysis) is 1. The lowest BCUT2D eigenvalue weighted by atomic mass is 9.92. The van der Waals surface area contributed by atoms with Crippen molar-refractivity contribution >= 4 is 35.4 Å². The first kappa shape index (κ1) is 31.8. The standard InChI is InChI=1S/C28H33ClF2N4O6/c1-16(2)35(21(23(37)25(32)38)13-18-11-12-33-26(18)39)22(36)15-34-27(40)41-24(17-7-4-3-5-8-17)28(30,31)19-9-6-10-20(29)14-19/h3-10,14,16,18,21,23-24,37H,11-13,15H2,1-2H3,(H2,32,38)(H,33,39)(H,34,40). The molecule has 3 rings (SSSR count). The molecule has 41 heavy (non-hydrogen) atoms. The van der Waals surface area contributed by atoms with Crippen LogP contribution in [0.5, 0.6) is 0 Å². The van der Waals surface area contributed by atoms with Crippen LogP contribution in [0.15, 0.2) is 54.6 Å². The third-order valence-electron chi connectivity index (χ3n) is 6.80. The number of hydrogen-bond donors (Lipinski definition) is 4. The maximum atomic E-state index is 15.6. The van der Waals surface area contributed by atoms with Crippen molar-refractivity contribution in [2.24, 2.45) is 11.7 Å². The van der Waals surface area contributed by atoms with Gasteiger partial charge in [0, 0.05) is 29.1 Å². The van der Waals surface area contributed by atoms with Crippen molar-refractivity contribution in [2.45, 2.75) is 56.9 Å². The Hall–Kier alpha value is -3.77. The number of ether oxygens (including phenoxy) is 1. The van der Waals surface area contributed by atoms with Gasteiger partial charge in [-0.15, -0.1) is 0 Å². The Bertz CT molecular complexity index is 1250. The second-order valence-corrected chi connectivity index (χ2v) is 10.4. The molecule has 222 valence electrons. The Labute approximate surface area is 241 Å². The molecule has 1 fully saturated rings. The summed E-state index contributed by atoms with van der Waals surface area (Å²) in [6, 6.07) is 10.6. The van der Waals surface area contributed by atoms with Crippen molar-refractivity contribution in [3.05, 3.63) is 70.7 Å². The van der Waals surface area contributed by atoms with Gasteiger partial charge in [-0.2, -0.15) is 8.78 Å². The zero-order valence-corrected chi connectivity index (χ0v) is 23.3. The van der Waals surface area contributed by atoms with Crippen LogP contribution in [-0.4, -0.2) is 65.1 Å². The summed E-state index contributed by atoms with van der Waals surface area (Å²) >= 11 is 5.91. The predicted molar refractivity (Wildman–Crippen MR) is 146 cm³/mol. The maximum absolute atomic E-state index is 15.6. The highest BCUT2D eigenvalue weighted by Crippen LogP contribution is 2.43. The quantitative estimate of drug-likeness (QED) is 0.297. The maximum Gasteiger partial charge on any atom is 0.408 e. The largest absolute Gasteiger partial charge is 0.434 e. The van der Waals surface area contributed by atoms with Gasteiger partial charge >= 0.3 is 12.0 Å². The number of amides is 4. The van der Waals surface area contributed by atoms with Crippen molar-refractivity contribution in [3.63, 3.8) is 0 Å². The molecule has 0 spiro atoms. The molecule has 0 bridgehead atoms. The van der Waals surface area contributed by atoms with E-state index in [1.54, 1.807) is 19.9 Å². The number of nitrogens with one attached hydrogen (secondary N) is 2. The van der Waals surface area contributed by atoms with E-state index in [0.29, 0.717) is 13.0 Å². The van der Waals surface area contributed by atoms with Crippen molar-refractivity contribution in [1.29, 1.82) is 0 Å². The number of hydrogen-bond acceptors (Lipinski definition) is 6. The highest BCUT2D eigenvalue weighted by molar-refractivity contribution is 6.30. The third kappa shape index (κ3) is 7.92. The minimum absolute atomic E-state index is 0.00208. The van der Waals surface area contributed by atoms with Crippen LogP contribution in [0.2, 0.25) is 5.02 Å². The summed E-state index contributed by atoms with van der Waals surface area (Å²) in [7, 11) is 0. The molecule has 1 heterocycles. The molecule has 2 aromatic carbocycles. The van der Waals surface area contributed by atoms with E-state index in [1.165, 1.54) is 36.4 Å². The van der Waals surface area contributed by atoms with E-state index >= 15 is 8.78 Å². The smallest absolute Gasteiger partial charge is 0.408 e. The molecular weight excluding hydrogens is 562 g/mol. The molecule has 5 N–H and O–H groups in total. The molecule has 0 aromatic heterocycles. The van der Waals surface area contributed by atoms with E-state index in [-0.39, 0.29) is 22.9 Å². The molecule has 0 aliphatic carbocycles. The van der Waals surface area contributed by atoms with Gasteiger partial charge in [-0.3, -0.25) is 14.4 Å². The van der Waals surface area contributed by atoms with Crippen LogP contribution < -0.4 is 16.4 Å². The van der Waals surface area contributed by atoms with E-state index in [1.807, 2.05) is 0 Å². The summed E-state index contributed by atoms with van der Waals surface area (Å²) in [5.74, 6) is -6.39. The molecule has 13 heteroatoms. The number of nitrogens with zero attached hydrogens (tertiary/aromatic N) is 1. The van der Waals surface area contributed by atoms with Crippen LogP contribution in [-0.2, 0) is 25.0 Å². The summed E-state index contributed by atoms with van der Waals surface area (Å²) in [6.07, 6.45) is -4.77. The van der Waals surface area contributed by atoms with Crippen LogP contribution in [0.3, 0.4) is 0 Å². The van der Waals surface area contributed by atoms with Gasteiger partial charge in [0.1, 0.15) is 6.54 Å². The first-order valence-corrected chi connectivity index (χ1v) is 13.4. The van der Waals surface area contributed by atoms with Gasteiger partial charge in [-0.1, -0.05) is 54.1 Å². The lowest BCUT2D eigenvalue weighted by molar-refractivity contribution is -0.144. The fourth-order valence-corrected chi connectivity index (χ4v) is 5.01. The molecule has 1 aliphatic heterocycles. The Morgan fingerprint density at radius 3 is 2.44 bits per heavy atom. The predicted octanol–water partition coefficient (Wildman–Crippen LogP) is 2.88. The first-order valence-electron chi connectivity index (χ1n) is 13.0. The summed E-state index contributed by atoms with van der Waals surface area (Å²) in [5, 5.41) is 15.5. The van der Waals surface area contributed by atoms with Gasteiger partial charge in [-0.25, -0.2) is 4.79 Å². The Kier molecular flexibility index (Phi) is 10.6. The van der Waals surface area contributed by atoms with Crippen molar-refractivity contribution in [2.75, 3.05) is 13.1 Å². The number of primary amides is 1. The minimum Gasteiger partial charge on any atom is -0.434 e. The number of carbonyl (C=O) groups is 4. The van der Waals surface area contributed by atoms with Gasteiger partial charge in [-0.05, 0) is 44.4 Å². The van der Waals surface area contributed by atoms with Crippen LogP contribution in [0.4, 0.5) is 13.6 Å². The van der Waals surface area contributed by atoms with E-state index in [9.17, 15) is 24.3 Å². The first-order chi connectivity index (χ1) is 19.3. The summed E-state index contributed by atoms with van der Waals surface area (Å²) in [4.78, 5) is 51.2. The second-order valence-electron chi connectivity index (χ2n) is 10.0.